The molecule has 0 aromatic heterocycles. The van der Waals surface area contributed by atoms with E-state index < -0.39 is 0 Å². The molecule has 1 unspecified atom stereocenters. The van der Waals surface area contributed by atoms with Gasteiger partial charge < -0.3 is 5.32 Å². The molecule has 21 heavy (non-hydrogen) atoms. The smallest absolute Gasteiger partial charge is 0.0576 e. The Labute approximate surface area is 129 Å². The summed E-state index contributed by atoms with van der Waals surface area (Å²) in [5.74, 6) is 0.705. The van der Waals surface area contributed by atoms with Crippen LogP contribution in [0.1, 0.15) is 49.1 Å². The summed E-state index contributed by atoms with van der Waals surface area (Å²) in [4.78, 5) is 0. The summed E-state index contributed by atoms with van der Waals surface area (Å²) in [5.41, 5.74) is 5.57. The van der Waals surface area contributed by atoms with Crippen molar-refractivity contribution >= 4 is 0 Å². The van der Waals surface area contributed by atoms with Gasteiger partial charge in [0.25, 0.3) is 0 Å². The average molecular weight is 281 g/mol. The van der Waals surface area contributed by atoms with Crippen molar-refractivity contribution in [3.05, 3.63) is 70.8 Å². The number of hydrogen-bond donors (Lipinski definition) is 1. The first-order valence-electron chi connectivity index (χ1n) is 7.99. The van der Waals surface area contributed by atoms with Crippen LogP contribution in [-0.2, 0) is 12.8 Å². The van der Waals surface area contributed by atoms with Crippen LogP contribution in [-0.4, -0.2) is 7.05 Å². The lowest BCUT2D eigenvalue weighted by molar-refractivity contribution is 0.645. The van der Waals surface area contributed by atoms with Crippen molar-refractivity contribution in [3.8, 4) is 0 Å². The van der Waals surface area contributed by atoms with Crippen LogP contribution in [0.2, 0.25) is 0 Å². The molecule has 0 heterocycles. The topological polar surface area (TPSA) is 12.0 Å². The van der Waals surface area contributed by atoms with Crippen LogP contribution in [0.4, 0.5) is 0 Å². The van der Waals surface area contributed by atoms with Crippen molar-refractivity contribution < 1.29 is 0 Å². The van der Waals surface area contributed by atoms with E-state index in [1.54, 1.807) is 0 Å². The van der Waals surface area contributed by atoms with E-state index in [0.717, 1.165) is 12.8 Å². The van der Waals surface area contributed by atoms with Crippen molar-refractivity contribution in [1.29, 1.82) is 0 Å². The number of nitrogens with one attached hydrogen (secondary N) is 1. The van der Waals surface area contributed by atoms with Crippen LogP contribution in [0.15, 0.2) is 48.5 Å². The first kappa shape index (κ1) is 15.8. The molecule has 2 rings (SSSR count). The molecule has 1 nitrogen and oxygen atoms in total. The van der Waals surface area contributed by atoms with Gasteiger partial charge in [0.1, 0.15) is 0 Å². The second-order valence-electron chi connectivity index (χ2n) is 6.11. The summed E-state index contributed by atoms with van der Waals surface area (Å²) < 4.78 is 0. The molecule has 112 valence electrons. The number of benzene rings is 2. The predicted octanol–water partition coefficient (Wildman–Crippen LogP) is 4.76. The summed E-state index contributed by atoms with van der Waals surface area (Å²) in [7, 11) is 2.04. The van der Waals surface area contributed by atoms with E-state index in [9.17, 15) is 0 Å². The summed E-state index contributed by atoms with van der Waals surface area (Å²) in [6, 6.07) is 18.1. The van der Waals surface area contributed by atoms with Gasteiger partial charge in [-0.15, -0.1) is 0 Å². The molecule has 0 radical (unpaired) electrons. The number of aryl methyl sites for hydroxylation is 1. The second kappa shape index (κ2) is 7.42. The third kappa shape index (κ3) is 3.95. The quantitative estimate of drug-likeness (QED) is 0.805. The van der Waals surface area contributed by atoms with Crippen molar-refractivity contribution in [3.63, 3.8) is 0 Å². The Hall–Kier alpha value is -1.60. The monoisotopic (exact) mass is 281 g/mol. The maximum atomic E-state index is 3.47. The van der Waals surface area contributed by atoms with Gasteiger partial charge in [0.05, 0.1) is 6.04 Å². The Morgan fingerprint density at radius 1 is 0.952 bits per heavy atom. The molecule has 0 saturated heterocycles. The predicted molar refractivity (Wildman–Crippen MR) is 91.7 cm³/mol. The van der Waals surface area contributed by atoms with Crippen molar-refractivity contribution in [1.82, 2.24) is 5.32 Å². The third-order valence-corrected chi connectivity index (χ3v) is 3.99. The fourth-order valence-corrected chi connectivity index (χ4v) is 2.96. The minimum atomic E-state index is 0.272. The van der Waals surface area contributed by atoms with Crippen LogP contribution in [0.5, 0.6) is 0 Å². The standard InChI is InChI=1S/C20H27N/c1-5-17-8-6-7-9-19(17)20(21-4)18-12-10-16(11-13-18)14-15(2)3/h6-13,15,20-21H,5,14H2,1-4H3. The van der Waals surface area contributed by atoms with Crippen LogP contribution in [0.3, 0.4) is 0 Å². The Kier molecular flexibility index (Phi) is 5.58. The number of rotatable bonds is 6. The molecular weight excluding hydrogens is 254 g/mol. The lowest BCUT2D eigenvalue weighted by atomic mass is 9.92. The van der Waals surface area contributed by atoms with Gasteiger partial charge in [0.15, 0.2) is 0 Å². The van der Waals surface area contributed by atoms with Crippen LogP contribution >= 0.6 is 0 Å². The van der Waals surface area contributed by atoms with Gasteiger partial charge in [0, 0.05) is 0 Å². The Morgan fingerprint density at radius 3 is 2.19 bits per heavy atom. The highest BCUT2D eigenvalue weighted by atomic mass is 14.9. The summed E-state index contributed by atoms with van der Waals surface area (Å²) in [6.07, 6.45) is 2.22. The highest BCUT2D eigenvalue weighted by molar-refractivity contribution is 5.38. The molecule has 0 aliphatic rings. The maximum Gasteiger partial charge on any atom is 0.0576 e. The van der Waals surface area contributed by atoms with Gasteiger partial charge in [-0.1, -0.05) is 69.3 Å². The first-order chi connectivity index (χ1) is 10.2. The largest absolute Gasteiger partial charge is 0.309 e. The molecule has 0 aliphatic heterocycles. The Morgan fingerprint density at radius 2 is 1.62 bits per heavy atom. The Balaban J connectivity index is 2.29. The zero-order valence-corrected chi connectivity index (χ0v) is 13.7. The molecular formula is C20H27N. The average Bonchev–Trinajstić information content (AvgIpc) is 2.49. The van der Waals surface area contributed by atoms with Gasteiger partial charge in [-0.05, 0) is 48.1 Å². The van der Waals surface area contributed by atoms with E-state index in [2.05, 4.69) is 74.6 Å². The van der Waals surface area contributed by atoms with Gasteiger partial charge >= 0.3 is 0 Å². The molecule has 1 N–H and O–H groups in total. The van der Waals surface area contributed by atoms with E-state index in [-0.39, 0.29) is 6.04 Å². The van der Waals surface area contributed by atoms with E-state index in [1.807, 2.05) is 7.05 Å². The van der Waals surface area contributed by atoms with Gasteiger partial charge in [-0.2, -0.15) is 0 Å². The molecule has 0 amide bonds. The highest BCUT2D eigenvalue weighted by Crippen LogP contribution is 2.26. The SMILES string of the molecule is CCc1ccccc1C(NC)c1ccc(CC(C)C)cc1. The summed E-state index contributed by atoms with van der Waals surface area (Å²) in [6.45, 7) is 6.75. The lowest BCUT2D eigenvalue weighted by Gasteiger charge is -2.20. The summed E-state index contributed by atoms with van der Waals surface area (Å²) in [5, 5.41) is 3.47. The highest BCUT2D eigenvalue weighted by Gasteiger charge is 2.14. The maximum absolute atomic E-state index is 3.47. The zero-order valence-electron chi connectivity index (χ0n) is 13.7. The minimum Gasteiger partial charge on any atom is -0.309 e. The summed E-state index contributed by atoms with van der Waals surface area (Å²) >= 11 is 0. The van der Waals surface area contributed by atoms with Gasteiger partial charge in [0.2, 0.25) is 0 Å². The second-order valence-corrected chi connectivity index (χ2v) is 6.11. The molecule has 0 saturated carbocycles. The zero-order chi connectivity index (χ0) is 15.2. The van der Waals surface area contributed by atoms with Crippen molar-refractivity contribution in [2.45, 2.75) is 39.7 Å². The number of hydrogen-bond acceptors (Lipinski definition) is 1. The van der Waals surface area contributed by atoms with Gasteiger partial charge in [-0.3, -0.25) is 0 Å². The molecule has 2 aromatic carbocycles. The normalized spacial score (nSPS) is 12.6. The van der Waals surface area contributed by atoms with Crippen molar-refractivity contribution in [2.24, 2.45) is 5.92 Å². The van der Waals surface area contributed by atoms with Crippen LogP contribution < -0.4 is 5.32 Å². The molecule has 1 heteroatoms. The van der Waals surface area contributed by atoms with Crippen molar-refractivity contribution in [2.75, 3.05) is 7.05 Å². The van der Waals surface area contributed by atoms with Gasteiger partial charge in [-0.25, -0.2) is 0 Å². The van der Waals surface area contributed by atoms with Crippen LogP contribution in [0, 0.1) is 5.92 Å². The third-order valence-electron chi connectivity index (χ3n) is 3.99. The molecule has 2 aromatic rings. The van der Waals surface area contributed by atoms with E-state index in [1.165, 1.54) is 22.3 Å². The molecule has 1 atom stereocenters. The minimum absolute atomic E-state index is 0.272. The van der Waals surface area contributed by atoms with E-state index in [4.69, 9.17) is 0 Å². The lowest BCUT2D eigenvalue weighted by Crippen LogP contribution is -2.19. The molecule has 0 bridgehead atoms. The van der Waals surface area contributed by atoms with E-state index in [0.29, 0.717) is 5.92 Å². The van der Waals surface area contributed by atoms with Crippen LogP contribution in [0.25, 0.3) is 0 Å². The fourth-order valence-electron chi connectivity index (χ4n) is 2.96. The molecule has 0 spiro atoms. The fraction of sp³-hybridized carbons (Fsp3) is 0.400. The Bertz CT molecular complexity index is 554. The molecule has 0 fully saturated rings. The first-order valence-corrected chi connectivity index (χ1v) is 7.99. The van der Waals surface area contributed by atoms with E-state index >= 15 is 0 Å². The molecule has 0 aliphatic carbocycles.